The van der Waals surface area contributed by atoms with Crippen molar-refractivity contribution in [2.24, 2.45) is 0 Å². The van der Waals surface area contributed by atoms with Crippen LogP contribution in [0.3, 0.4) is 0 Å². The number of hydrogen-bond acceptors (Lipinski definition) is 10. The number of aromatic nitrogens is 10. The topological polar surface area (TPSA) is 129 Å². The molecule has 0 spiro atoms. The van der Waals surface area contributed by atoms with Crippen LogP contribution in [0.15, 0.2) is 183 Å². The Bertz CT molecular complexity index is 3300. The summed E-state index contributed by atoms with van der Waals surface area (Å²) in [5, 5.41) is 35.5. The summed E-state index contributed by atoms with van der Waals surface area (Å²) in [4.78, 5) is 17.1. The van der Waals surface area contributed by atoms with Crippen LogP contribution in [0.5, 0.6) is 0 Å². The van der Waals surface area contributed by atoms with E-state index in [1.807, 2.05) is 122 Å². The number of para-hydroxylation sites is 1. The fraction of sp³-hybridized carbons (Fsp3) is 0.333. The third kappa shape index (κ3) is 17.0. The monoisotopic (exact) mass is 1050 g/mol. The molecule has 0 aliphatic heterocycles. The Labute approximate surface area is 470 Å². The molecule has 11 aromatic rings. The first-order valence-electron chi connectivity index (χ1n) is 27.3. The van der Waals surface area contributed by atoms with Crippen LogP contribution >= 0.6 is 0 Å². The molecular weight excluding hydrogens is 969 g/mol. The minimum atomic E-state index is 0.0179. The van der Waals surface area contributed by atoms with Crippen molar-refractivity contribution in [3.8, 4) is 0 Å². The molecule has 10 heteroatoms. The maximum Gasteiger partial charge on any atom is 0.134 e. The van der Waals surface area contributed by atoms with Gasteiger partial charge in [0.15, 0.2) is 0 Å². The minimum Gasteiger partial charge on any atom is -0.265 e. The quantitative estimate of drug-likeness (QED) is 0.157. The first kappa shape index (κ1) is 60.3. The van der Waals surface area contributed by atoms with Crippen molar-refractivity contribution < 1.29 is 0 Å². The molecule has 6 heterocycles. The van der Waals surface area contributed by atoms with E-state index in [9.17, 15) is 0 Å². The van der Waals surface area contributed by atoms with E-state index in [0.717, 1.165) is 50.0 Å². The van der Waals surface area contributed by atoms with Crippen LogP contribution < -0.4 is 0 Å². The van der Waals surface area contributed by atoms with E-state index in [-0.39, 0.29) is 27.1 Å². The average Bonchev–Trinajstić information content (AvgIpc) is 3.44. The van der Waals surface area contributed by atoms with E-state index in [2.05, 4.69) is 229 Å². The summed E-state index contributed by atoms with van der Waals surface area (Å²) in [6, 6.07) is 45.3. The highest BCUT2D eigenvalue weighted by Gasteiger charge is 2.22. The molecule has 11 rings (SSSR count). The van der Waals surface area contributed by atoms with Gasteiger partial charge in [-0.1, -0.05) is 233 Å². The van der Waals surface area contributed by atoms with Gasteiger partial charge in [0, 0.05) is 95.7 Å². The molecule has 0 N–H and O–H groups in total. The molecule has 0 aliphatic carbocycles. The van der Waals surface area contributed by atoms with Crippen LogP contribution in [0.4, 0.5) is 0 Å². The van der Waals surface area contributed by atoms with Gasteiger partial charge in [-0.25, -0.2) is 9.97 Å². The summed E-state index contributed by atoms with van der Waals surface area (Å²) < 4.78 is 0. The predicted molar refractivity (Wildman–Crippen MR) is 332 cm³/mol. The zero-order valence-electron chi connectivity index (χ0n) is 49.9. The van der Waals surface area contributed by atoms with Gasteiger partial charge >= 0.3 is 0 Å². The molecule has 10 nitrogen and oxygen atoms in total. The highest BCUT2D eigenvalue weighted by Crippen LogP contribution is 2.31. The van der Waals surface area contributed by atoms with Gasteiger partial charge in [0.25, 0.3) is 0 Å². The van der Waals surface area contributed by atoms with Gasteiger partial charge in [-0.15, -0.1) is 0 Å². The molecule has 0 saturated heterocycles. The average molecular weight is 1050 g/mol. The minimum absolute atomic E-state index is 0.0179. The summed E-state index contributed by atoms with van der Waals surface area (Å²) in [6.45, 7) is 36.8. The highest BCUT2D eigenvalue weighted by atomic mass is 15.1. The summed E-state index contributed by atoms with van der Waals surface area (Å²) in [7, 11) is 0. The summed E-state index contributed by atoms with van der Waals surface area (Å²) in [5.74, 6) is 1.52. The van der Waals surface area contributed by atoms with Crippen LogP contribution in [-0.2, 0) is 27.1 Å². The Hall–Kier alpha value is -7.98. The largest absolute Gasteiger partial charge is 0.265 e. The Morgan fingerprint density at radius 2 is 0.696 bits per heavy atom. The number of hydrogen-bond donors (Lipinski definition) is 0. The first-order chi connectivity index (χ1) is 37.2. The lowest BCUT2D eigenvalue weighted by Gasteiger charge is -2.20. The fourth-order valence-corrected chi connectivity index (χ4v) is 8.54. The second-order valence-electron chi connectivity index (χ2n) is 25.2. The van der Waals surface area contributed by atoms with E-state index in [0.29, 0.717) is 5.92 Å². The fourth-order valence-electron chi connectivity index (χ4n) is 8.54. The zero-order chi connectivity index (χ0) is 57.6. The van der Waals surface area contributed by atoms with Crippen molar-refractivity contribution in [1.29, 1.82) is 0 Å². The Morgan fingerprint density at radius 1 is 0.329 bits per heavy atom. The lowest BCUT2D eigenvalue weighted by Crippen LogP contribution is -2.15. The normalized spacial score (nSPS) is 11.7. The van der Waals surface area contributed by atoms with Crippen molar-refractivity contribution in [3.63, 3.8) is 0 Å². The molecule has 6 aromatic heterocycles. The van der Waals surface area contributed by atoms with Gasteiger partial charge in [-0.3, -0.25) is 9.97 Å². The van der Waals surface area contributed by atoms with E-state index in [1.54, 1.807) is 0 Å². The third-order valence-corrected chi connectivity index (χ3v) is 12.9. The van der Waals surface area contributed by atoms with Gasteiger partial charge < -0.3 is 0 Å². The maximum atomic E-state index is 4.54. The number of fused-ring (bicyclic) bond motifs is 5. The van der Waals surface area contributed by atoms with Gasteiger partial charge in [0.1, 0.15) is 5.82 Å². The van der Waals surface area contributed by atoms with Crippen molar-refractivity contribution >= 4 is 54.0 Å². The standard InChI is InChI=1S/C13H15N.4C12H14N2.C8H11N/c1-13(2,3)12-9-14-8-10-6-4-5-7-11(10)12;1-12(2,3)11-13-8-9-6-4-5-7-10(9)14-11;3*1-12(2,3)11-10-7-5-4-6-9(10)8-13-14-11;1-7(2)8-3-5-9-6-4-8/h4-9H,1-3H3;4*4-8H,1-3H3;3-7H,1-2H3. The van der Waals surface area contributed by atoms with Crippen molar-refractivity contribution in [2.45, 2.75) is 151 Å². The molecule has 0 aliphatic rings. The lowest BCUT2D eigenvalue weighted by atomic mass is 9.85. The smallest absolute Gasteiger partial charge is 0.134 e. The van der Waals surface area contributed by atoms with E-state index >= 15 is 0 Å². The second kappa shape index (κ2) is 26.1. The van der Waals surface area contributed by atoms with Gasteiger partial charge in [-0.2, -0.15) is 30.6 Å². The molecular formula is C69H82N10. The number of rotatable bonds is 1. The van der Waals surface area contributed by atoms with Crippen molar-refractivity contribution in [3.05, 3.63) is 217 Å². The SMILES string of the molecule is CC(C)(C)c1cncc2ccccc12.CC(C)(C)c1ncc2ccccc2n1.CC(C)(C)c1nncc2ccccc12.CC(C)(C)c1nncc2ccccc12.CC(C)(C)c1nncc2ccccc12.CC(C)c1ccncc1. The second-order valence-corrected chi connectivity index (χ2v) is 25.2. The summed E-state index contributed by atoms with van der Waals surface area (Å²) in [6.07, 6.45) is 14.9. The first-order valence-corrected chi connectivity index (χ1v) is 27.3. The number of pyridine rings is 2. The van der Waals surface area contributed by atoms with Crippen molar-refractivity contribution in [2.75, 3.05) is 0 Å². The Morgan fingerprint density at radius 3 is 1.06 bits per heavy atom. The van der Waals surface area contributed by atoms with E-state index in [4.69, 9.17) is 0 Å². The van der Waals surface area contributed by atoms with Gasteiger partial charge in [0.2, 0.25) is 0 Å². The summed E-state index contributed by atoms with van der Waals surface area (Å²) in [5.41, 5.74) is 7.21. The Kier molecular flexibility index (Phi) is 19.9. The zero-order valence-corrected chi connectivity index (χ0v) is 49.9. The molecule has 0 bridgehead atoms. The van der Waals surface area contributed by atoms with Crippen LogP contribution in [0.1, 0.15) is 158 Å². The van der Waals surface area contributed by atoms with E-state index < -0.39 is 0 Å². The highest BCUT2D eigenvalue weighted by molar-refractivity contribution is 5.87. The van der Waals surface area contributed by atoms with Crippen LogP contribution in [-0.4, -0.2) is 50.5 Å². The predicted octanol–water partition coefficient (Wildman–Crippen LogP) is 17.4. The maximum absolute atomic E-state index is 4.54. The lowest BCUT2D eigenvalue weighted by molar-refractivity contribution is 0.548. The molecule has 0 unspecified atom stereocenters. The Balaban J connectivity index is 0.000000154. The molecule has 5 aromatic carbocycles. The molecule has 0 saturated carbocycles. The number of nitrogens with zero attached hydrogens (tertiary/aromatic N) is 10. The van der Waals surface area contributed by atoms with Crippen molar-refractivity contribution in [1.82, 2.24) is 50.5 Å². The molecule has 408 valence electrons. The summed E-state index contributed by atoms with van der Waals surface area (Å²) >= 11 is 0. The van der Waals surface area contributed by atoms with Crippen LogP contribution in [0, 0.1) is 0 Å². The molecule has 0 radical (unpaired) electrons. The molecule has 0 amide bonds. The van der Waals surface area contributed by atoms with E-state index in [1.165, 1.54) is 38.1 Å². The van der Waals surface area contributed by atoms with Gasteiger partial charge in [0.05, 0.1) is 41.2 Å². The molecule has 0 atom stereocenters. The molecule has 0 fully saturated rings. The number of benzene rings is 5. The van der Waals surface area contributed by atoms with Crippen LogP contribution in [0.25, 0.3) is 54.0 Å². The van der Waals surface area contributed by atoms with Gasteiger partial charge in [-0.05, 0) is 46.0 Å². The van der Waals surface area contributed by atoms with Crippen LogP contribution in [0.2, 0.25) is 0 Å². The third-order valence-electron chi connectivity index (χ3n) is 12.9. The molecule has 79 heavy (non-hydrogen) atoms.